The van der Waals surface area contributed by atoms with Crippen LogP contribution in [0.5, 0.6) is 0 Å². The van der Waals surface area contributed by atoms with Crippen LogP contribution in [0.4, 0.5) is 4.39 Å². The van der Waals surface area contributed by atoms with E-state index < -0.39 is 0 Å². The van der Waals surface area contributed by atoms with E-state index in [0.29, 0.717) is 10.8 Å². The highest BCUT2D eigenvalue weighted by Gasteiger charge is 2.65. The molecule has 2 N–H and O–H groups in total. The maximum atomic E-state index is 11.8. The Balaban J connectivity index is 1.59. The van der Waals surface area contributed by atoms with Crippen LogP contribution >= 0.6 is 0 Å². The number of nitrogens with two attached hydrogens (primary N) is 1. The fourth-order valence-corrected chi connectivity index (χ4v) is 3.48. The fourth-order valence-electron chi connectivity index (χ4n) is 3.48. The summed E-state index contributed by atoms with van der Waals surface area (Å²) >= 11 is 0. The van der Waals surface area contributed by atoms with Crippen molar-refractivity contribution in [2.75, 3.05) is 13.2 Å². The van der Waals surface area contributed by atoms with Crippen LogP contribution in [0.3, 0.4) is 0 Å². The lowest BCUT2D eigenvalue weighted by Crippen LogP contribution is -2.64. The number of alkyl halides is 1. The summed E-state index contributed by atoms with van der Waals surface area (Å²) in [6.45, 7) is 0.749. The average molecular weight is 185 g/mol. The predicted molar refractivity (Wildman–Crippen MR) is 52.2 cm³/mol. The Hall–Kier alpha value is -0.110. The fraction of sp³-hybridized carbons (Fsp3) is 1.00. The van der Waals surface area contributed by atoms with Gasteiger partial charge in [0.15, 0.2) is 0 Å². The molecule has 0 spiro atoms. The second-order valence-electron chi connectivity index (χ2n) is 5.23. The highest BCUT2D eigenvalue weighted by molar-refractivity contribution is 5.16. The average Bonchev–Trinajstić information content (AvgIpc) is 1.99. The zero-order valence-corrected chi connectivity index (χ0v) is 8.32. The molecule has 3 aliphatic carbocycles. The molecule has 2 bridgehead atoms. The minimum absolute atomic E-state index is 0.139. The minimum Gasteiger partial charge on any atom is -0.330 e. The van der Waals surface area contributed by atoms with Crippen LogP contribution in [0.1, 0.15) is 44.9 Å². The summed E-state index contributed by atoms with van der Waals surface area (Å²) in [5, 5.41) is 0. The van der Waals surface area contributed by atoms with Crippen molar-refractivity contribution in [1.29, 1.82) is 0 Å². The molecule has 3 rings (SSSR count). The Bertz CT molecular complexity index is 171. The molecule has 0 aromatic carbocycles. The molecule has 0 heterocycles. The van der Waals surface area contributed by atoms with Crippen molar-refractivity contribution in [3.05, 3.63) is 0 Å². The third-order valence-corrected chi connectivity index (χ3v) is 4.02. The molecule has 0 aromatic rings. The van der Waals surface area contributed by atoms with Gasteiger partial charge in [-0.3, -0.25) is 4.39 Å². The molecule has 0 atom stereocenters. The van der Waals surface area contributed by atoms with Crippen LogP contribution in [0, 0.1) is 10.8 Å². The van der Waals surface area contributed by atoms with Crippen molar-refractivity contribution >= 4 is 0 Å². The molecule has 3 fully saturated rings. The quantitative estimate of drug-likeness (QED) is 0.632. The van der Waals surface area contributed by atoms with E-state index in [1.165, 1.54) is 32.1 Å². The van der Waals surface area contributed by atoms with Gasteiger partial charge in [-0.25, -0.2) is 0 Å². The first kappa shape index (κ1) is 9.45. The van der Waals surface area contributed by atoms with Crippen molar-refractivity contribution in [2.45, 2.75) is 44.9 Å². The summed E-state index contributed by atoms with van der Waals surface area (Å²) in [6.07, 6.45) is 8.50. The molecule has 3 saturated carbocycles. The molecule has 76 valence electrons. The summed E-state index contributed by atoms with van der Waals surface area (Å²) in [7, 11) is 0. The van der Waals surface area contributed by atoms with Crippen molar-refractivity contribution in [1.82, 2.24) is 0 Å². The van der Waals surface area contributed by atoms with Crippen molar-refractivity contribution in [2.24, 2.45) is 16.6 Å². The number of halogens is 1. The molecule has 2 heteroatoms. The number of unbranched alkanes of at least 4 members (excludes halogenated alkanes) is 2. The highest BCUT2D eigenvalue weighted by atomic mass is 19.1. The zero-order chi connectivity index (χ0) is 9.36. The van der Waals surface area contributed by atoms with E-state index in [9.17, 15) is 4.39 Å². The number of hydrogen-bond acceptors (Lipinski definition) is 1. The van der Waals surface area contributed by atoms with E-state index in [1.54, 1.807) is 0 Å². The third kappa shape index (κ3) is 1.50. The first-order valence-electron chi connectivity index (χ1n) is 5.50. The number of hydrogen-bond donors (Lipinski definition) is 1. The van der Waals surface area contributed by atoms with E-state index in [2.05, 4.69) is 0 Å². The first-order chi connectivity index (χ1) is 6.24. The smallest absolute Gasteiger partial charge is 0.0894 e. The van der Waals surface area contributed by atoms with E-state index >= 15 is 0 Å². The molecular weight excluding hydrogens is 165 g/mol. The lowest BCUT2D eigenvalue weighted by Gasteiger charge is -2.71. The van der Waals surface area contributed by atoms with Gasteiger partial charge in [0.1, 0.15) is 0 Å². The van der Waals surface area contributed by atoms with Gasteiger partial charge in [0.2, 0.25) is 0 Å². The Morgan fingerprint density at radius 2 is 1.69 bits per heavy atom. The van der Waals surface area contributed by atoms with Gasteiger partial charge in [-0.2, -0.15) is 0 Å². The largest absolute Gasteiger partial charge is 0.330 e. The molecule has 0 amide bonds. The van der Waals surface area contributed by atoms with Gasteiger partial charge in [0.25, 0.3) is 0 Å². The first-order valence-corrected chi connectivity index (χ1v) is 5.50. The van der Waals surface area contributed by atoms with Crippen molar-refractivity contribution in [3.8, 4) is 0 Å². The molecule has 0 unspecified atom stereocenters. The summed E-state index contributed by atoms with van der Waals surface area (Å²) in [4.78, 5) is 0. The highest BCUT2D eigenvalue weighted by Crippen LogP contribution is 2.74. The Morgan fingerprint density at radius 1 is 1.00 bits per heavy atom. The van der Waals surface area contributed by atoms with Gasteiger partial charge in [0, 0.05) is 0 Å². The molecule has 13 heavy (non-hydrogen) atoms. The molecule has 0 aliphatic heterocycles. The standard InChI is InChI=1S/C11H20FN/c12-5-3-1-2-4-10-6-11(7-10,8-10)9-13/h1-9,13H2. The Morgan fingerprint density at radius 3 is 2.23 bits per heavy atom. The van der Waals surface area contributed by atoms with Crippen molar-refractivity contribution in [3.63, 3.8) is 0 Å². The van der Waals surface area contributed by atoms with Crippen molar-refractivity contribution < 1.29 is 4.39 Å². The predicted octanol–water partition coefficient (Wildman–Crippen LogP) is 2.65. The van der Waals surface area contributed by atoms with Gasteiger partial charge >= 0.3 is 0 Å². The summed E-state index contributed by atoms with van der Waals surface area (Å²) < 4.78 is 11.8. The maximum absolute atomic E-state index is 11.8. The van der Waals surface area contributed by atoms with Gasteiger partial charge in [0.05, 0.1) is 6.67 Å². The normalized spacial score (nSPS) is 41.1. The van der Waals surface area contributed by atoms with Gasteiger partial charge in [-0.15, -0.1) is 0 Å². The molecule has 3 aliphatic rings. The van der Waals surface area contributed by atoms with Gasteiger partial charge in [-0.1, -0.05) is 12.8 Å². The lowest BCUT2D eigenvalue weighted by molar-refractivity contribution is -0.200. The van der Waals surface area contributed by atoms with Gasteiger partial charge in [-0.05, 0) is 49.5 Å². The summed E-state index contributed by atoms with van der Waals surface area (Å²) in [6, 6.07) is 0. The molecule has 0 radical (unpaired) electrons. The van der Waals surface area contributed by atoms with Crippen LogP contribution in [0.2, 0.25) is 0 Å². The van der Waals surface area contributed by atoms with Gasteiger partial charge < -0.3 is 5.73 Å². The summed E-state index contributed by atoms with van der Waals surface area (Å²) in [5.41, 5.74) is 6.94. The molecular formula is C11H20FN. The second kappa shape index (κ2) is 3.23. The van der Waals surface area contributed by atoms with E-state index in [0.717, 1.165) is 19.4 Å². The molecule has 0 saturated heterocycles. The minimum atomic E-state index is -0.139. The van der Waals surface area contributed by atoms with Crippen LogP contribution in [0.15, 0.2) is 0 Å². The lowest BCUT2D eigenvalue weighted by atomic mass is 9.34. The zero-order valence-electron chi connectivity index (χ0n) is 8.32. The van der Waals surface area contributed by atoms with E-state index in [1.807, 2.05) is 0 Å². The SMILES string of the molecule is NCC12CC(CCCCCF)(C1)C2. The van der Waals surface area contributed by atoms with Crippen LogP contribution in [0.25, 0.3) is 0 Å². The van der Waals surface area contributed by atoms with E-state index in [-0.39, 0.29) is 6.67 Å². The monoisotopic (exact) mass is 185 g/mol. The topological polar surface area (TPSA) is 26.0 Å². The third-order valence-electron chi connectivity index (χ3n) is 4.02. The Kier molecular flexibility index (Phi) is 2.35. The van der Waals surface area contributed by atoms with E-state index in [4.69, 9.17) is 5.73 Å². The maximum Gasteiger partial charge on any atom is 0.0894 e. The van der Waals surface area contributed by atoms with Crippen LogP contribution < -0.4 is 5.73 Å². The number of rotatable bonds is 6. The second-order valence-corrected chi connectivity index (χ2v) is 5.23. The molecule has 1 nitrogen and oxygen atoms in total. The van der Waals surface area contributed by atoms with Crippen LogP contribution in [-0.2, 0) is 0 Å². The molecule has 0 aromatic heterocycles. The summed E-state index contributed by atoms with van der Waals surface area (Å²) in [5.74, 6) is 0. The van der Waals surface area contributed by atoms with Crippen LogP contribution in [-0.4, -0.2) is 13.2 Å². The Labute approximate surface area is 79.9 Å².